The van der Waals surface area contributed by atoms with Crippen molar-refractivity contribution in [3.63, 3.8) is 0 Å². The third-order valence-corrected chi connectivity index (χ3v) is 3.15. The molecule has 0 aliphatic carbocycles. The quantitative estimate of drug-likeness (QED) is 0.876. The van der Waals surface area contributed by atoms with Gasteiger partial charge in [-0.25, -0.2) is 4.98 Å². The highest BCUT2D eigenvalue weighted by Gasteiger charge is 2.09. The fourth-order valence-electron chi connectivity index (χ4n) is 1.78. The lowest BCUT2D eigenvalue weighted by molar-refractivity contribution is -0.124. The van der Waals surface area contributed by atoms with Crippen molar-refractivity contribution in [1.29, 1.82) is 0 Å². The minimum atomic E-state index is 0.0890. The number of carbonyl (C=O) groups is 1. The Bertz CT molecular complexity index is 500. The van der Waals surface area contributed by atoms with E-state index < -0.39 is 0 Å². The second-order valence-corrected chi connectivity index (χ2v) is 4.55. The van der Waals surface area contributed by atoms with Gasteiger partial charge in [-0.2, -0.15) is 0 Å². The zero-order valence-electron chi connectivity index (χ0n) is 10.9. The highest BCUT2D eigenvalue weighted by atomic mass is 16.1. The Morgan fingerprint density at radius 1 is 1.50 bits per heavy atom. The van der Waals surface area contributed by atoms with Crippen LogP contribution in [0.25, 0.3) is 5.65 Å². The molecular weight excluding hydrogens is 226 g/mol. The molecule has 0 unspecified atom stereocenters. The first-order valence-corrected chi connectivity index (χ1v) is 6.41. The number of nitrogens with one attached hydrogen (secondary N) is 1. The molecule has 0 fully saturated rings. The van der Waals surface area contributed by atoms with Gasteiger partial charge < -0.3 is 9.72 Å². The maximum atomic E-state index is 11.6. The molecule has 0 bridgehead atoms. The molecule has 18 heavy (non-hydrogen) atoms. The Morgan fingerprint density at radius 2 is 2.33 bits per heavy atom. The van der Waals surface area contributed by atoms with Crippen molar-refractivity contribution in [2.75, 3.05) is 6.54 Å². The minimum absolute atomic E-state index is 0.0890. The highest BCUT2D eigenvalue weighted by Crippen LogP contribution is 2.05. The molecule has 1 N–H and O–H groups in total. The lowest BCUT2D eigenvalue weighted by Gasteiger charge is -2.08. The van der Waals surface area contributed by atoms with Gasteiger partial charge in [-0.1, -0.05) is 19.9 Å². The fourth-order valence-corrected chi connectivity index (χ4v) is 1.78. The first kappa shape index (κ1) is 12.6. The van der Waals surface area contributed by atoms with Crippen molar-refractivity contribution < 1.29 is 4.79 Å². The summed E-state index contributed by atoms with van der Waals surface area (Å²) in [6.07, 6.45) is 5.62. The van der Waals surface area contributed by atoms with Crippen LogP contribution in [0.4, 0.5) is 0 Å². The normalized spacial score (nSPS) is 12.6. The van der Waals surface area contributed by atoms with Crippen molar-refractivity contribution in [2.24, 2.45) is 5.92 Å². The number of aromatic nitrogens is 2. The molecule has 4 heteroatoms. The first-order chi connectivity index (χ1) is 8.70. The summed E-state index contributed by atoms with van der Waals surface area (Å²) in [5.74, 6) is 0.215. The molecule has 0 radical (unpaired) electrons. The van der Waals surface area contributed by atoms with Crippen LogP contribution in [0.3, 0.4) is 0 Å². The number of amides is 1. The van der Waals surface area contributed by atoms with E-state index in [1.54, 1.807) is 0 Å². The maximum absolute atomic E-state index is 11.6. The molecule has 0 aromatic carbocycles. The monoisotopic (exact) mass is 245 g/mol. The molecule has 4 nitrogen and oxygen atoms in total. The molecule has 0 aliphatic rings. The molecule has 0 aliphatic heterocycles. The largest absolute Gasteiger partial charge is 0.355 e. The van der Waals surface area contributed by atoms with Gasteiger partial charge in [0.25, 0.3) is 0 Å². The Morgan fingerprint density at radius 3 is 3.06 bits per heavy atom. The summed E-state index contributed by atoms with van der Waals surface area (Å²) in [5, 5.41) is 2.94. The van der Waals surface area contributed by atoms with Crippen LogP contribution in [0.1, 0.15) is 26.0 Å². The molecule has 2 aromatic heterocycles. The van der Waals surface area contributed by atoms with E-state index >= 15 is 0 Å². The van der Waals surface area contributed by atoms with E-state index in [1.165, 1.54) is 0 Å². The maximum Gasteiger partial charge on any atom is 0.222 e. The van der Waals surface area contributed by atoms with E-state index in [4.69, 9.17) is 0 Å². The SMILES string of the molecule is CC[C@H](C)C(=O)NCCc1cn2ccccc2n1. The van der Waals surface area contributed by atoms with Crippen molar-refractivity contribution in [3.8, 4) is 0 Å². The molecule has 0 saturated carbocycles. The average Bonchev–Trinajstić information content (AvgIpc) is 2.80. The van der Waals surface area contributed by atoms with E-state index in [0.29, 0.717) is 6.54 Å². The number of imidazole rings is 1. The predicted octanol–water partition coefficient (Wildman–Crippen LogP) is 2.04. The summed E-state index contributed by atoms with van der Waals surface area (Å²) in [6, 6.07) is 5.92. The summed E-state index contributed by atoms with van der Waals surface area (Å²) < 4.78 is 1.99. The molecular formula is C14H19N3O. The fraction of sp³-hybridized carbons (Fsp3) is 0.429. The van der Waals surface area contributed by atoms with Crippen LogP contribution < -0.4 is 5.32 Å². The van der Waals surface area contributed by atoms with Gasteiger partial charge in [0.2, 0.25) is 5.91 Å². The average molecular weight is 245 g/mol. The summed E-state index contributed by atoms with van der Waals surface area (Å²) in [4.78, 5) is 16.1. The highest BCUT2D eigenvalue weighted by molar-refractivity contribution is 5.78. The molecule has 1 amide bonds. The Kier molecular flexibility index (Phi) is 3.97. The predicted molar refractivity (Wildman–Crippen MR) is 71.4 cm³/mol. The van der Waals surface area contributed by atoms with Crippen LogP contribution in [0, 0.1) is 5.92 Å². The molecule has 0 saturated heterocycles. The number of fused-ring (bicyclic) bond motifs is 1. The van der Waals surface area contributed by atoms with Gasteiger partial charge in [0, 0.05) is 31.3 Å². The summed E-state index contributed by atoms with van der Waals surface area (Å²) in [5.41, 5.74) is 1.95. The summed E-state index contributed by atoms with van der Waals surface area (Å²) in [7, 11) is 0. The smallest absolute Gasteiger partial charge is 0.222 e. The van der Waals surface area contributed by atoms with Crippen molar-refractivity contribution >= 4 is 11.6 Å². The van der Waals surface area contributed by atoms with Gasteiger partial charge >= 0.3 is 0 Å². The number of nitrogens with zero attached hydrogens (tertiary/aromatic N) is 2. The number of hydrogen-bond donors (Lipinski definition) is 1. The van der Waals surface area contributed by atoms with Crippen LogP contribution in [-0.4, -0.2) is 21.8 Å². The van der Waals surface area contributed by atoms with Gasteiger partial charge in [0.1, 0.15) is 5.65 Å². The second-order valence-electron chi connectivity index (χ2n) is 4.55. The van der Waals surface area contributed by atoms with E-state index in [0.717, 1.165) is 24.2 Å². The number of carbonyl (C=O) groups excluding carboxylic acids is 1. The molecule has 2 aromatic rings. The van der Waals surface area contributed by atoms with E-state index in [9.17, 15) is 4.79 Å². The number of rotatable bonds is 5. The van der Waals surface area contributed by atoms with Crippen molar-refractivity contribution in [3.05, 3.63) is 36.3 Å². The van der Waals surface area contributed by atoms with E-state index in [1.807, 2.05) is 48.8 Å². The summed E-state index contributed by atoms with van der Waals surface area (Å²) >= 11 is 0. The van der Waals surface area contributed by atoms with Crippen LogP contribution in [-0.2, 0) is 11.2 Å². The second kappa shape index (κ2) is 5.67. The molecule has 1 atom stereocenters. The van der Waals surface area contributed by atoms with E-state index in [-0.39, 0.29) is 11.8 Å². The standard InChI is InChI=1S/C14H19N3O/c1-3-11(2)14(18)15-8-7-12-10-17-9-5-4-6-13(17)16-12/h4-6,9-11H,3,7-8H2,1-2H3,(H,15,18)/t11-/m0/s1. The third-order valence-electron chi connectivity index (χ3n) is 3.15. The third kappa shape index (κ3) is 2.88. The number of hydrogen-bond acceptors (Lipinski definition) is 2. The Labute approximate surface area is 107 Å². The van der Waals surface area contributed by atoms with Gasteiger partial charge in [-0.05, 0) is 18.6 Å². The van der Waals surface area contributed by atoms with Crippen LogP contribution in [0.15, 0.2) is 30.6 Å². The van der Waals surface area contributed by atoms with Crippen LogP contribution in [0.5, 0.6) is 0 Å². The van der Waals surface area contributed by atoms with Crippen molar-refractivity contribution in [2.45, 2.75) is 26.7 Å². The minimum Gasteiger partial charge on any atom is -0.355 e. The van der Waals surface area contributed by atoms with E-state index in [2.05, 4.69) is 10.3 Å². The lowest BCUT2D eigenvalue weighted by Crippen LogP contribution is -2.30. The molecule has 2 heterocycles. The zero-order valence-corrected chi connectivity index (χ0v) is 10.9. The zero-order chi connectivity index (χ0) is 13.0. The summed E-state index contributed by atoms with van der Waals surface area (Å²) in [6.45, 7) is 4.61. The lowest BCUT2D eigenvalue weighted by atomic mass is 10.1. The number of pyridine rings is 1. The Balaban J connectivity index is 1.89. The van der Waals surface area contributed by atoms with Crippen LogP contribution >= 0.6 is 0 Å². The van der Waals surface area contributed by atoms with Crippen molar-refractivity contribution in [1.82, 2.24) is 14.7 Å². The molecule has 96 valence electrons. The first-order valence-electron chi connectivity index (χ1n) is 6.41. The van der Waals surface area contributed by atoms with Gasteiger partial charge in [0.15, 0.2) is 0 Å². The van der Waals surface area contributed by atoms with Gasteiger partial charge in [0.05, 0.1) is 5.69 Å². The topological polar surface area (TPSA) is 46.4 Å². The molecule has 2 rings (SSSR count). The van der Waals surface area contributed by atoms with Gasteiger partial charge in [-0.15, -0.1) is 0 Å². The van der Waals surface area contributed by atoms with Crippen LogP contribution in [0.2, 0.25) is 0 Å². The Hall–Kier alpha value is -1.84. The molecule has 0 spiro atoms. The van der Waals surface area contributed by atoms with Gasteiger partial charge in [-0.3, -0.25) is 4.79 Å².